The fraction of sp³-hybridized carbons (Fsp3) is 0.185. The molecular formula is C27H28N2O3S. The Morgan fingerprint density at radius 2 is 1.85 bits per heavy atom. The summed E-state index contributed by atoms with van der Waals surface area (Å²) in [5, 5.41) is 0. The van der Waals surface area contributed by atoms with Crippen LogP contribution in [0.2, 0.25) is 0 Å². The number of benzene rings is 2. The molecule has 0 saturated heterocycles. The van der Waals surface area contributed by atoms with Crippen molar-refractivity contribution in [3.8, 4) is 0 Å². The second-order valence-corrected chi connectivity index (χ2v) is 10.3. The molecule has 2 aromatic rings. The largest absolute Gasteiger partial charge is 0.313 e. The number of allylic oxidation sites excluding steroid dienone is 7. The first-order valence-corrected chi connectivity index (χ1v) is 12.1. The SMILES string of the molecule is C=[N+]1C(C)=CC(C=CC=C2N(c3ccccc3)c3ccc(S(=O)(=O)O)cc3C2(C)C)=C[C-]1C. The van der Waals surface area contributed by atoms with Crippen molar-refractivity contribution in [1.82, 2.24) is 0 Å². The number of hydrogen-bond donors (Lipinski definition) is 1. The van der Waals surface area contributed by atoms with Crippen LogP contribution in [0, 0.1) is 6.04 Å². The van der Waals surface area contributed by atoms with Crippen molar-refractivity contribution in [2.24, 2.45) is 0 Å². The fourth-order valence-corrected chi connectivity index (χ4v) is 4.87. The number of fused-ring (bicyclic) bond motifs is 1. The maximum absolute atomic E-state index is 11.8. The van der Waals surface area contributed by atoms with Gasteiger partial charge in [-0.05, 0) is 55.8 Å². The van der Waals surface area contributed by atoms with E-state index >= 15 is 0 Å². The lowest BCUT2D eigenvalue weighted by atomic mass is 9.83. The zero-order valence-corrected chi connectivity index (χ0v) is 20.1. The van der Waals surface area contributed by atoms with Crippen molar-refractivity contribution < 1.29 is 17.5 Å². The van der Waals surface area contributed by atoms with E-state index in [0.29, 0.717) is 0 Å². The first-order chi connectivity index (χ1) is 15.5. The Labute approximate surface area is 196 Å². The molecule has 2 aliphatic heterocycles. The lowest BCUT2D eigenvalue weighted by Gasteiger charge is -2.27. The summed E-state index contributed by atoms with van der Waals surface area (Å²) in [6.07, 6.45) is 10.3. The maximum Gasteiger partial charge on any atom is 0.294 e. The first-order valence-electron chi connectivity index (χ1n) is 10.7. The van der Waals surface area contributed by atoms with Crippen LogP contribution < -0.4 is 4.90 Å². The van der Waals surface area contributed by atoms with Gasteiger partial charge in [0.25, 0.3) is 10.1 Å². The predicted octanol–water partition coefficient (Wildman–Crippen LogP) is 5.91. The van der Waals surface area contributed by atoms with E-state index in [9.17, 15) is 13.0 Å². The molecule has 2 heterocycles. The Balaban J connectivity index is 1.82. The second kappa shape index (κ2) is 8.21. The van der Waals surface area contributed by atoms with Gasteiger partial charge < -0.3 is 4.90 Å². The zero-order chi connectivity index (χ0) is 24.0. The number of hydrogen-bond acceptors (Lipinski definition) is 3. The van der Waals surface area contributed by atoms with E-state index in [1.54, 1.807) is 12.1 Å². The molecule has 0 spiro atoms. The van der Waals surface area contributed by atoms with Gasteiger partial charge in [-0.1, -0.05) is 61.9 Å². The van der Waals surface area contributed by atoms with Crippen LogP contribution in [-0.4, -0.2) is 24.3 Å². The summed E-state index contributed by atoms with van der Waals surface area (Å²) in [5.41, 5.74) is 5.37. The molecule has 4 rings (SSSR count). The molecule has 2 aromatic carbocycles. The molecule has 0 unspecified atom stereocenters. The molecule has 0 radical (unpaired) electrons. The van der Waals surface area contributed by atoms with Gasteiger partial charge in [-0.25, -0.2) is 0 Å². The highest BCUT2D eigenvalue weighted by Gasteiger charge is 2.41. The Morgan fingerprint density at radius 1 is 1.15 bits per heavy atom. The van der Waals surface area contributed by atoms with Gasteiger partial charge in [-0.3, -0.25) is 9.13 Å². The molecule has 33 heavy (non-hydrogen) atoms. The minimum absolute atomic E-state index is 0.101. The van der Waals surface area contributed by atoms with Crippen LogP contribution >= 0.6 is 0 Å². The van der Waals surface area contributed by atoms with Crippen LogP contribution in [0.15, 0.2) is 101 Å². The summed E-state index contributed by atoms with van der Waals surface area (Å²) in [6, 6.07) is 15.8. The van der Waals surface area contributed by atoms with Gasteiger partial charge >= 0.3 is 0 Å². The summed E-state index contributed by atoms with van der Waals surface area (Å²) in [5.74, 6) is 0. The van der Waals surface area contributed by atoms with Crippen molar-refractivity contribution in [2.45, 2.75) is 38.0 Å². The lowest BCUT2D eigenvalue weighted by molar-refractivity contribution is -0.444. The molecule has 170 valence electrons. The summed E-state index contributed by atoms with van der Waals surface area (Å²) in [7, 11) is -4.30. The normalized spacial score (nSPS) is 19.2. The van der Waals surface area contributed by atoms with Gasteiger partial charge in [0.05, 0.1) is 29.0 Å². The minimum Gasteiger partial charge on any atom is -0.313 e. The molecule has 0 fully saturated rings. The van der Waals surface area contributed by atoms with E-state index in [4.69, 9.17) is 0 Å². The van der Waals surface area contributed by atoms with Gasteiger partial charge in [-0.15, -0.1) is 0 Å². The van der Waals surface area contributed by atoms with E-state index in [-0.39, 0.29) is 4.90 Å². The van der Waals surface area contributed by atoms with Crippen LogP contribution in [0.25, 0.3) is 0 Å². The minimum atomic E-state index is -4.30. The Hall–Kier alpha value is -3.35. The predicted molar refractivity (Wildman–Crippen MR) is 133 cm³/mol. The summed E-state index contributed by atoms with van der Waals surface area (Å²) in [6.45, 7) is 12.2. The molecule has 1 N–H and O–H groups in total. The molecule has 6 heteroatoms. The van der Waals surface area contributed by atoms with Crippen LogP contribution in [0.3, 0.4) is 0 Å². The van der Waals surface area contributed by atoms with E-state index in [1.807, 2.05) is 54.8 Å². The van der Waals surface area contributed by atoms with Crippen molar-refractivity contribution in [1.29, 1.82) is 0 Å². The summed E-state index contributed by atoms with van der Waals surface area (Å²) < 4.78 is 35.1. The Kier molecular flexibility index (Phi) is 5.68. The van der Waals surface area contributed by atoms with E-state index in [2.05, 4.69) is 49.8 Å². The molecule has 0 atom stereocenters. The summed E-state index contributed by atoms with van der Waals surface area (Å²) in [4.78, 5) is 2.04. The topological polar surface area (TPSA) is 60.6 Å². The monoisotopic (exact) mass is 460 g/mol. The van der Waals surface area contributed by atoms with E-state index in [1.165, 1.54) is 6.07 Å². The van der Waals surface area contributed by atoms with Crippen molar-refractivity contribution in [3.05, 3.63) is 107 Å². The average molecular weight is 461 g/mol. The third-order valence-electron chi connectivity index (χ3n) is 6.22. The van der Waals surface area contributed by atoms with Crippen LogP contribution in [0.1, 0.15) is 33.3 Å². The van der Waals surface area contributed by atoms with Crippen LogP contribution in [-0.2, 0) is 15.5 Å². The van der Waals surface area contributed by atoms with Crippen molar-refractivity contribution in [3.63, 3.8) is 0 Å². The van der Waals surface area contributed by atoms with Gasteiger partial charge in [0, 0.05) is 16.8 Å². The highest BCUT2D eigenvalue weighted by Crippen LogP contribution is 2.51. The van der Waals surface area contributed by atoms with Crippen LogP contribution in [0.5, 0.6) is 0 Å². The van der Waals surface area contributed by atoms with E-state index in [0.717, 1.165) is 39.9 Å². The van der Waals surface area contributed by atoms with Crippen molar-refractivity contribution in [2.75, 3.05) is 4.90 Å². The molecular weight excluding hydrogens is 432 g/mol. The second-order valence-electron chi connectivity index (χ2n) is 8.86. The molecule has 2 aliphatic rings. The van der Waals surface area contributed by atoms with Crippen LogP contribution in [0.4, 0.5) is 11.4 Å². The maximum atomic E-state index is 11.8. The molecule has 0 saturated carbocycles. The lowest BCUT2D eigenvalue weighted by Crippen LogP contribution is -2.22. The molecule has 5 nitrogen and oxygen atoms in total. The number of rotatable bonds is 4. The molecule has 0 amide bonds. The summed E-state index contributed by atoms with van der Waals surface area (Å²) >= 11 is 0. The highest BCUT2D eigenvalue weighted by molar-refractivity contribution is 7.85. The molecule has 0 aliphatic carbocycles. The number of nitrogens with zero attached hydrogens (tertiary/aromatic N) is 2. The van der Waals surface area contributed by atoms with Crippen molar-refractivity contribution >= 4 is 28.2 Å². The van der Waals surface area contributed by atoms with Gasteiger partial charge in [0.15, 0.2) is 0 Å². The van der Waals surface area contributed by atoms with Gasteiger partial charge in [0.2, 0.25) is 0 Å². The Morgan fingerprint density at radius 3 is 2.48 bits per heavy atom. The fourth-order valence-electron chi connectivity index (χ4n) is 4.36. The number of para-hydroxylation sites is 1. The van der Waals surface area contributed by atoms with E-state index < -0.39 is 15.5 Å². The average Bonchev–Trinajstić information content (AvgIpc) is 2.98. The van der Waals surface area contributed by atoms with Gasteiger partial charge in [-0.2, -0.15) is 8.42 Å². The first kappa shape index (κ1) is 22.8. The molecule has 0 aromatic heterocycles. The quantitative estimate of drug-likeness (QED) is 0.350. The highest BCUT2D eigenvalue weighted by atomic mass is 32.2. The number of anilines is 2. The standard InChI is InChI=1S/C27H28N2O3S/c1-19-16-21(17-20(2)28(19)5)10-9-13-26-27(3,4)24-18-23(33(30,31)32)14-15-25(24)29(26)22-11-7-6-8-12-22/h6-18H,5H2,1-4H3,(H,30,31,32). The Bertz CT molecular complexity index is 1350. The third-order valence-corrected chi connectivity index (χ3v) is 7.07. The smallest absolute Gasteiger partial charge is 0.294 e. The van der Waals surface area contributed by atoms with Gasteiger partial charge in [0.1, 0.15) is 0 Å². The molecule has 0 bridgehead atoms. The zero-order valence-electron chi connectivity index (χ0n) is 19.3. The third kappa shape index (κ3) is 4.19.